The Balaban J connectivity index is 1.82. The van der Waals surface area contributed by atoms with Crippen LogP contribution in [0.2, 0.25) is 5.28 Å². The van der Waals surface area contributed by atoms with Gasteiger partial charge in [0.25, 0.3) is 0 Å². The van der Waals surface area contributed by atoms with Crippen molar-refractivity contribution in [1.29, 1.82) is 0 Å². The Labute approximate surface area is 91.5 Å². The van der Waals surface area contributed by atoms with Gasteiger partial charge in [0.1, 0.15) is 0 Å². The van der Waals surface area contributed by atoms with Crippen LogP contribution in [0.3, 0.4) is 0 Å². The minimum absolute atomic E-state index is 0.161. The van der Waals surface area contributed by atoms with Gasteiger partial charge in [-0.3, -0.25) is 0 Å². The quantitative estimate of drug-likeness (QED) is 0.836. The van der Waals surface area contributed by atoms with Crippen LogP contribution in [0.5, 0.6) is 0 Å². The molecule has 0 saturated heterocycles. The molecule has 1 aromatic rings. The van der Waals surface area contributed by atoms with Crippen molar-refractivity contribution in [3.05, 3.63) is 5.28 Å². The molecule has 0 amide bonds. The van der Waals surface area contributed by atoms with E-state index in [1.807, 2.05) is 0 Å². The highest BCUT2D eigenvalue weighted by Crippen LogP contribution is 2.26. The lowest BCUT2D eigenvalue weighted by Crippen LogP contribution is -2.21. The molecule has 4 nitrogen and oxygen atoms in total. The highest BCUT2D eigenvalue weighted by atomic mass is 35.5. The smallest absolute Gasteiger partial charge is 0.236 e. The van der Waals surface area contributed by atoms with Crippen molar-refractivity contribution in [3.8, 4) is 0 Å². The van der Waals surface area contributed by atoms with Crippen LogP contribution in [0.15, 0.2) is 0 Å². The number of hydrogen-bond acceptors (Lipinski definition) is 5. The Morgan fingerprint density at radius 2 is 2.43 bits per heavy atom. The second-order valence-corrected chi connectivity index (χ2v) is 4.60. The van der Waals surface area contributed by atoms with E-state index >= 15 is 0 Å². The number of nitrogens with one attached hydrogen (secondary N) is 1. The number of halogens is 1. The predicted octanol–water partition coefficient (Wildman–Crippen LogP) is 1.76. The molecule has 0 bridgehead atoms. The molecule has 14 heavy (non-hydrogen) atoms. The van der Waals surface area contributed by atoms with Gasteiger partial charge in [-0.2, -0.15) is 9.36 Å². The minimum atomic E-state index is -0.161. The number of hydrogen-bond donors (Lipinski definition) is 2. The molecule has 1 saturated carbocycles. The van der Waals surface area contributed by atoms with E-state index in [4.69, 9.17) is 11.6 Å². The summed E-state index contributed by atoms with van der Waals surface area (Å²) in [5, 5.41) is 13.7. The zero-order valence-corrected chi connectivity index (χ0v) is 9.18. The average Bonchev–Trinajstić information content (AvgIpc) is 2.72. The third kappa shape index (κ3) is 2.34. The molecule has 2 N–H and O–H groups in total. The number of aliphatic hydroxyl groups is 1. The number of anilines is 1. The Morgan fingerprint density at radius 3 is 3.00 bits per heavy atom. The van der Waals surface area contributed by atoms with Gasteiger partial charge in [-0.15, -0.1) is 0 Å². The summed E-state index contributed by atoms with van der Waals surface area (Å²) in [6, 6.07) is 0. The molecular formula is C8H12ClN3OS. The molecule has 2 rings (SSSR count). The normalized spacial score (nSPS) is 26.7. The minimum Gasteiger partial charge on any atom is -0.393 e. The van der Waals surface area contributed by atoms with Gasteiger partial charge in [0, 0.05) is 24.0 Å². The lowest BCUT2D eigenvalue weighted by Gasteiger charge is -2.13. The van der Waals surface area contributed by atoms with Crippen LogP contribution in [0.4, 0.5) is 5.13 Å². The zero-order valence-electron chi connectivity index (χ0n) is 7.61. The third-order valence-corrected chi connectivity index (χ3v) is 3.48. The van der Waals surface area contributed by atoms with Crippen molar-refractivity contribution in [2.24, 2.45) is 5.92 Å². The fourth-order valence-corrected chi connectivity index (χ4v) is 2.47. The Bertz CT molecular complexity index is 307. The summed E-state index contributed by atoms with van der Waals surface area (Å²) < 4.78 is 3.85. The van der Waals surface area contributed by atoms with Crippen molar-refractivity contribution in [2.45, 2.75) is 25.4 Å². The van der Waals surface area contributed by atoms with Gasteiger partial charge in [0.05, 0.1) is 6.10 Å². The molecule has 78 valence electrons. The van der Waals surface area contributed by atoms with Gasteiger partial charge in [-0.1, -0.05) is 6.42 Å². The maximum absolute atomic E-state index is 9.57. The van der Waals surface area contributed by atoms with Crippen molar-refractivity contribution in [3.63, 3.8) is 0 Å². The van der Waals surface area contributed by atoms with Gasteiger partial charge in [0.15, 0.2) is 0 Å². The highest BCUT2D eigenvalue weighted by molar-refractivity contribution is 7.09. The molecule has 1 aliphatic carbocycles. The van der Waals surface area contributed by atoms with Gasteiger partial charge < -0.3 is 10.4 Å². The molecule has 1 aliphatic rings. The van der Waals surface area contributed by atoms with Gasteiger partial charge >= 0.3 is 0 Å². The summed E-state index contributed by atoms with van der Waals surface area (Å²) in [4.78, 5) is 3.98. The SMILES string of the molecule is OC1CCCC1CNc1nc(Cl)ns1. The molecule has 0 aliphatic heterocycles. The van der Waals surface area contributed by atoms with E-state index in [0.717, 1.165) is 30.9 Å². The standard InChI is InChI=1S/C8H12ClN3OS/c9-7-11-8(14-12-7)10-4-5-2-1-3-6(5)13/h5-6,13H,1-4H2,(H,10,11,12). The summed E-state index contributed by atoms with van der Waals surface area (Å²) in [5.74, 6) is 0.345. The lowest BCUT2D eigenvalue weighted by molar-refractivity contribution is 0.138. The van der Waals surface area contributed by atoms with E-state index in [2.05, 4.69) is 14.7 Å². The summed E-state index contributed by atoms with van der Waals surface area (Å²) in [7, 11) is 0. The Kier molecular flexibility index (Phi) is 3.20. The Hall–Kier alpha value is -0.390. The van der Waals surface area contributed by atoms with E-state index < -0.39 is 0 Å². The molecular weight excluding hydrogens is 222 g/mol. The van der Waals surface area contributed by atoms with E-state index in [1.165, 1.54) is 11.5 Å². The molecule has 0 aromatic carbocycles. The van der Waals surface area contributed by atoms with E-state index in [1.54, 1.807) is 0 Å². The van der Waals surface area contributed by atoms with Gasteiger partial charge in [-0.25, -0.2) is 0 Å². The summed E-state index contributed by atoms with van der Waals surface area (Å²) in [5.41, 5.74) is 0. The first-order valence-electron chi connectivity index (χ1n) is 4.67. The lowest BCUT2D eigenvalue weighted by atomic mass is 10.1. The number of rotatable bonds is 3. The summed E-state index contributed by atoms with van der Waals surface area (Å²) in [6.45, 7) is 0.757. The van der Waals surface area contributed by atoms with Crippen LogP contribution in [0.1, 0.15) is 19.3 Å². The van der Waals surface area contributed by atoms with Crippen molar-refractivity contribution in [1.82, 2.24) is 9.36 Å². The maximum Gasteiger partial charge on any atom is 0.236 e. The molecule has 0 radical (unpaired) electrons. The van der Waals surface area contributed by atoms with E-state index in [9.17, 15) is 5.11 Å². The van der Waals surface area contributed by atoms with Crippen LogP contribution in [-0.4, -0.2) is 27.1 Å². The molecule has 6 heteroatoms. The van der Waals surface area contributed by atoms with Gasteiger partial charge in [0.2, 0.25) is 10.4 Å². The van der Waals surface area contributed by atoms with Crippen molar-refractivity contribution >= 4 is 28.3 Å². The van der Waals surface area contributed by atoms with Gasteiger partial charge in [-0.05, 0) is 24.4 Å². The monoisotopic (exact) mass is 233 g/mol. The maximum atomic E-state index is 9.57. The predicted molar refractivity (Wildman–Crippen MR) is 56.8 cm³/mol. The molecule has 1 heterocycles. The third-order valence-electron chi connectivity index (χ3n) is 2.54. The van der Waals surface area contributed by atoms with Crippen LogP contribution < -0.4 is 5.32 Å². The van der Waals surface area contributed by atoms with Crippen molar-refractivity contribution < 1.29 is 5.11 Å². The number of nitrogens with zero attached hydrogens (tertiary/aromatic N) is 2. The van der Waals surface area contributed by atoms with Crippen LogP contribution >= 0.6 is 23.1 Å². The first kappa shape index (κ1) is 10.1. The first-order valence-corrected chi connectivity index (χ1v) is 5.82. The van der Waals surface area contributed by atoms with Crippen LogP contribution in [0.25, 0.3) is 0 Å². The average molecular weight is 234 g/mol. The molecule has 1 fully saturated rings. The Morgan fingerprint density at radius 1 is 1.57 bits per heavy atom. The second-order valence-electron chi connectivity index (χ2n) is 3.51. The summed E-state index contributed by atoms with van der Waals surface area (Å²) in [6.07, 6.45) is 2.96. The molecule has 0 spiro atoms. The summed E-state index contributed by atoms with van der Waals surface area (Å²) >= 11 is 6.83. The molecule has 2 atom stereocenters. The number of aromatic nitrogens is 2. The molecule has 1 aromatic heterocycles. The molecule has 2 unspecified atom stereocenters. The van der Waals surface area contributed by atoms with Crippen LogP contribution in [-0.2, 0) is 0 Å². The second kappa shape index (κ2) is 4.42. The van der Waals surface area contributed by atoms with E-state index in [-0.39, 0.29) is 11.4 Å². The topological polar surface area (TPSA) is 58.0 Å². The first-order chi connectivity index (χ1) is 6.75. The van der Waals surface area contributed by atoms with Crippen molar-refractivity contribution in [2.75, 3.05) is 11.9 Å². The fourth-order valence-electron chi connectivity index (χ4n) is 1.75. The highest BCUT2D eigenvalue weighted by Gasteiger charge is 2.24. The van der Waals surface area contributed by atoms with E-state index in [0.29, 0.717) is 5.92 Å². The fraction of sp³-hybridized carbons (Fsp3) is 0.750. The number of aliphatic hydroxyl groups excluding tert-OH is 1. The zero-order chi connectivity index (χ0) is 9.97. The largest absolute Gasteiger partial charge is 0.393 e. The van der Waals surface area contributed by atoms with Crippen LogP contribution in [0, 0.1) is 5.92 Å².